The van der Waals surface area contributed by atoms with Gasteiger partial charge in [0, 0.05) is 13.1 Å². The van der Waals surface area contributed by atoms with E-state index in [4.69, 9.17) is 5.84 Å². The smallest absolute Gasteiger partial charge is 0.0569 e. The van der Waals surface area contributed by atoms with Crippen molar-refractivity contribution in [3.8, 4) is 0 Å². The van der Waals surface area contributed by atoms with Crippen LogP contribution < -0.4 is 5.84 Å². The molecular weight excluding hydrogens is 176 g/mol. The number of hydrazine groups is 1. The summed E-state index contributed by atoms with van der Waals surface area (Å²) in [6.07, 6.45) is 6.65. The van der Waals surface area contributed by atoms with E-state index in [0.29, 0.717) is 5.92 Å². The van der Waals surface area contributed by atoms with Crippen LogP contribution in [0.25, 0.3) is 0 Å². The van der Waals surface area contributed by atoms with Crippen LogP contribution in [0.15, 0.2) is 0 Å². The van der Waals surface area contributed by atoms with Crippen molar-refractivity contribution in [1.82, 2.24) is 5.01 Å². The molecule has 0 spiro atoms. The van der Waals surface area contributed by atoms with E-state index < -0.39 is 0 Å². The van der Waals surface area contributed by atoms with Gasteiger partial charge >= 0.3 is 0 Å². The van der Waals surface area contributed by atoms with Crippen LogP contribution >= 0.6 is 0 Å². The van der Waals surface area contributed by atoms with Gasteiger partial charge in [-0.2, -0.15) is 0 Å². The summed E-state index contributed by atoms with van der Waals surface area (Å²) in [5, 5.41) is 11.8. The highest BCUT2D eigenvalue weighted by atomic mass is 16.3. The SMILES string of the molecule is CCCCCC(O)C1CCN(N)CC1. The zero-order valence-corrected chi connectivity index (χ0v) is 9.28. The van der Waals surface area contributed by atoms with Crippen molar-refractivity contribution < 1.29 is 5.11 Å². The van der Waals surface area contributed by atoms with Gasteiger partial charge in [0.25, 0.3) is 0 Å². The molecule has 1 aliphatic rings. The van der Waals surface area contributed by atoms with Gasteiger partial charge in [0.1, 0.15) is 0 Å². The monoisotopic (exact) mass is 200 g/mol. The normalized spacial score (nSPS) is 22.5. The lowest BCUT2D eigenvalue weighted by Crippen LogP contribution is -2.41. The Morgan fingerprint density at radius 3 is 2.57 bits per heavy atom. The lowest BCUT2D eigenvalue weighted by atomic mass is 9.89. The quantitative estimate of drug-likeness (QED) is 0.522. The van der Waals surface area contributed by atoms with Crippen molar-refractivity contribution in [3.05, 3.63) is 0 Å². The number of rotatable bonds is 5. The first-order valence-corrected chi connectivity index (χ1v) is 5.91. The fourth-order valence-corrected chi connectivity index (χ4v) is 2.14. The highest BCUT2D eigenvalue weighted by Gasteiger charge is 2.23. The predicted molar refractivity (Wildman–Crippen MR) is 58.6 cm³/mol. The third-order valence-corrected chi connectivity index (χ3v) is 3.22. The number of unbranched alkanes of at least 4 members (excludes halogenated alkanes) is 2. The lowest BCUT2D eigenvalue weighted by molar-refractivity contribution is 0.0520. The molecule has 0 radical (unpaired) electrons. The Morgan fingerprint density at radius 1 is 1.36 bits per heavy atom. The molecule has 3 heteroatoms. The second-order valence-corrected chi connectivity index (χ2v) is 4.44. The number of aliphatic hydroxyl groups excluding tert-OH is 1. The fraction of sp³-hybridized carbons (Fsp3) is 1.00. The zero-order chi connectivity index (χ0) is 10.4. The molecule has 1 atom stereocenters. The van der Waals surface area contributed by atoms with Crippen LogP contribution in [-0.2, 0) is 0 Å². The number of piperidine rings is 1. The molecular formula is C11H24N2O. The van der Waals surface area contributed by atoms with Gasteiger partial charge in [-0.3, -0.25) is 5.84 Å². The predicted octanol–water partition coefficient (Wildman–Crippen LogP) is 1.51. The molecule has 0 aromatic heterocycles. The minimum Gasteiger partial charge on any atom is -0.393 e. The van der Waals surface area contributed by atoms with Gasteiger partial charge < -0.3 is 5.11 Å². The molecule has 14 heavy (non-hydrogen) atoms. The second-order valence-electron chi connectivity index (χ2n) is 4.44. The number of aliphatic hydroxyl groups is 1. The third kappa shape index (κ3) is 3.95. The summed E-state index contributed by atoms with van der Waals surface area (Å²) in [5.74, 6) is 6.16. The molecule has 0 amide bonds. The van der Waals surface area contributed by atoms with Gasteiger partial charge in [-0.15, -0.1) is 0 Å². The topological polar surface area (TPSA) is 49.5 Å². The van der Waals surface area contributed by atoms with Crippen LogP contribution in [-0.4, -0.2) is 29.3 Å². The summed E-state index contributed by atoms with van der Waals surface area (Å²) < 4.78 is 0. The van der Waals surface area contributed by atoms with E-state index in [1.807, 2.05) is 5.01 Å². The number of hydrogen-bond donors (Lipinski definition) is 2. The molecule has 0 bridgehead atoms. The molecule has 1 fully saturated rings. The maximum Gasteiger partial charge on any atom is 0.0569 e. The summed E-state index contributed by atoms with van der Waals surface area (Å²) in [7, 11) is 0. The van der Waals surface area contributed by atoms with Gasteiger partial charge in [0.05, 0.1) is 6.10 Å². The van der Waals surface area contributed by atoms with E-state index in [0.717, 1.165) is 32.4 Å². The van der Waals surface area contributed by atoms with Crippen LogP contribution in [0.2, 0.25) is 0 Å². The largest absolute Gasteiger partial charge is 0.393 e. The first kappa shape index (κ1) is 12.0. The molecule has 3 N–H and O–H groups in total. The van der Waals surface area contributed by atoms with Gasteiger partial charge in [-0.1, -0.05) is 26.2 Å². The van der Waals surface area contributed by atoms with Crippen molar-refractivity contribution in [3.63, 3.8) is 0 Å². The highest BCUT2D eigenvalue weighted by molar-refractivity contribution is 4.75. The molecule has 0 aromatic carbocycles. The Hall–Kier alpha value is -0.120. The summed E-state index contributed by atoms with van der Waals surface area (Å²) in [4.78, 5) is 0. The Labute approximate surface area is 87.2 Å². The van der Waals surface area contributed by atoms with E-state index in [9.17, 15) is 5.11 Å². The van der Waals surface area contributed by atoms with E-state index >= 15 is 0 Å². The second kappa shape index (κ2) is 6.38. The minimum atomic E-state index is -0.0877. The maximum atomic E-state index is 9.93. The Kier molecular flexibility index (Phi) is 5.45. The molecule has 1 unspecified atom stereocenters. The average Bonchev–Trinajstić information content (AvgIpc) is 2.19. The molecule has 1 rings (SSSR count). The van der Waals surface area contributed by atoms with Crippen molar-refractivity contribution in [1.29, 1.82) is 0 Å². The summed E-state index contributed by atoms with van der Waals surface area (Å²) in [6, 6.07) is 0. The molecule has 0 aromatic rings. The maximum absolute atomic E-state index is 9.93. The van der Waals surface area contributed by atoms with Crippen LogP contribution in [0, 0.1) is 5.92 Å². The summed E-state index contributed by atoms with van der Waals surface area (Å²) >= 11 is 0. The van der Waals surface area contributed by atoms with Gasteiger partial charge in [-0.25, -0.2) is 5.01 Å². The van der Waals surface area contributed by atoms with Gasteiger partial charge in [0.2, 0.25) is 0 Å². The highest BCUT2D eigenvalue weighted by Crippen LogP contribution is 2.22. The molecule has 0 aliphatic carbocycles. The van der Waals surface area contributed by atoms with Crippen LogP contribution in [0.1, 0.15) is 45.4 Å². The van der Waals surface area contributed by atoms with Gasteiger partial charge in [0.15, 0.2) is 0 Å². The first-order chi connectivity index (χ1) is 6.74. The zero-order valence-electron chi connectivity index (χ0n) is 9.28. The van der Waals surface area contributed by atoms with E-state index in [1.165, 1.54) is 19.3 Å². The molecule has 0 saturated carbocycles. The van der Waals surface area contributed by atoms with Crippen LogP contribution in [0.5, 0.6) is 0 Å². The molecule has 84 valence electrons. The summed E-state index contributed by atoms with van der Waals surface area (Å²) in [5.41, 5.74) is 0. The molecule has 1 aliphatic heterocycles. The van der Waals surface area contributed by atoms with E-state index in [1.54, 1.807) is 0 Å². The minimum absolute atomic E-state index is 0.0877. The average molecular weight is 200 g/mol. The number of nitrogens with zero attached hydrogens (tertiary/aromatic N) is 1. The van der Waals surface area contributed by atoms with E-state index in [-0.39, 0.29) is 6.10 Å². The lowest BCUT2D eigenvalue weighted by Gasteiger charge is -2.31. The number of hydrogen-bond acceptors (Lipinski definition) is 3. The standard InChI is InChI=1S/C11H24N2O/c1-2-3-4-5-11(14)10-6-8-13(12)9-7-10/h10-11,14H,2-9,12H2,1H3. The Balaban J connectivity index is 2.13. The third-order valence-electron chi connectivity index (χ3n) is 3.22. The first-order valence-electron chi connectivity index (χ1n) is 5.91. The Bertz CT molecular complexity index is 144. The van der Waals surface area contributed by atoms with Crippen LogP contribution in [0.3, 0.4) is 0 Å². The van der Waals surface area contributed by atoms with Crippen molar-refractivity contribution >= 4 is 0 Å². The molecule has 1 saturated heterocycles. The molecule has 1 heterocycles. The van der Waals surface area contributed by atoms with Gasteiger partial charge in [-0.05, 0) is 25.2 Å². The van der Waals surface area contributed by atoms with Crippen molar-refractivity contribution in [2.45, 2.75) is 51.6 Å². The van der Waals surface area contributed by atoms with Crippen LogP contribution in [0.4, 0.5) is 0 Å². The Morgan fingerprint density at radius 2 is 2.00 bits per heavy atom. The molecule has 3 nitrogen and oxygen atoms in total. The fourth-order valence-electron chi connectivity index (χ4n) is 2.14. The van der Waals surface area contributed by atoms with Crippen molar-refractivity contribution in [2.75, 3.05) is 13.1 Å². The number of nitrogens with two attached hydrogens (primary N) is 1. The summed E-state index contributed by atoms with van der Waals surface area (Å²) in [6.45, 7) is 4.07. The van der Waals surface area contributed by atoms with Crippen molar-refractivity contribution in [2.24, 2.45) is 11.8 Å². The van der Waals surface area contributed by atoms with E-state index in [2.05, 4.69) is 6.92 Å².